The molecule has 0 saturated carbocycles. The van der Waals surface area contributed by atoms with Gasteiger partial charge >= 0.3 is 6.03 Å². The van der Waals surface area contributed by atoms with Crippen LogP contribution in [0.1, 0.15) is 11.1 Å². The number of urea groups is 1. The number of halogens is 3. The van der Waals surface area contributed by atoms with Gasteiger partial charge in [0.05, 0.1) is 15.8 Å². The number of nitrogens with zero attached hydrogens (tertiary/aromatic N) is 2. The lowest BCUT2D eigenvalue weighted by molar-refractivity contribution is -0.121. The minimum absolute atomic E-state index is 0.0425. The zero-order valence-electron chi connectivity index (χ0n) is 20.2. The van der Waals surface area contributed by atoms with E-state index in [0.29, 0.717) is 37.2 Å². The molecule has 194 valence electrons. The summed E-state index contributed by atoms with van der Waals surface area (Å²) in [5, 5.41) is 0. The van der Waals surface area contributed by atoms with Crippen molar-refractivity contribution in [1.29, 1.82) is 0 Å². The van der Waals surface area contributed by atoms with Gasteiger partial charge in [0.25, 0.3) is 11.8 Å². The van der Waals surface area contributed by atoms with Crippen molar-refractivity contribution in [2.45, 2.75) is 6.61 Å². The van der Waals surface area contributed by atoms with E-state index in [1.807, 2.05) is 0 Å². The number of hydrogen-bond acceptors (Lipinski definition) is 4. The number of rotatable bonds is 6. The highest BCUT2D eigenvalue weighted by Gasteiger charge is 2.43. The molecule has 1 heterocycles. The van der Waals surface area contributed by atoms with Crippen LogP contribution in [0.3, 0.4) is 0 Å². The summed E-state index contributed by atoms with van der Waals surface area (Å²) in [6.45, 7) is 0.0425. The number of para-hydroxylation sites is 2. The van der Waals surface area contributed by atoms with E-state index in [4.69, 9.17) is 4.74 Å². The summed E-state index contributed by atoms with van der Waals surface area (Å²) in [4.78, 5) is 42.9. The summed E-state index contributed by atoms with van der Waals surface area (Å²) in [5.41, 5.74) is 1.42. The fourth-order valence-corrected chi connectivity index (χ4v) is 5.49. The number of carbonyl (C=O) groups is 3. The SMILES string of the molecule is O=C1C(=Cc2cc(Br)cc(Br)c2OCc2cccc(F)c2)C(=O)N(c2ccccc2)C(=O)N1c1ccccc1. The molecule has 0 bridgehead atoms. The number of amides is 4. The Bertz CT molecular complexity index is 1550. The molecule has 0 unspecified atom stereocenters. The van der Waals surface area contributed by atoms with E-state index in [1.165, 1.54) is 18.2 Å². The quantitative estimate of drug-likeness (QED) is 0.160. The van der Waals surface area contributed by atoms with Gasteiger partial charge in [-0.15, -0.1) is 0 Å². The second-order valence-corrected chi connectivity index (χ2v) is 10.3. The van der Waals surface area contributed by atoms with Gasteiger partial charge in [-0.3, -0.25) is 9.59 Å². The third kappa shape index (κ3) is 5.55. The molecule has 4 aromatic rings. The van der Waals surface area contributed by atoms with Crippen LogP contribution < -0.4 is 14.5 Å². The molecule has 0 atom stereocenters. The number of carbonyl (C=O) groups excluding carboxylic acids is 3. The lowest BCUT2D eigenvalue weighted by Crippen LogP contribution is -2.57. The van der Waals surface area contributed by atoms with Gasteiger partial charge < -0.3 is 4.74 Å². The first-order chi connectivity index (χ1) is 18.8. The lowest BCUT2D eigenvalue weighted by atomic mass is 10.0. The monoisotopic (exact) mass is 648 g/mol. The van der Waals surface area contributed by atoms with Crippen molar-refractivity contribution in [3.05, 3.63) is 129 Å². The van der Waals surface area contributed by atoms with Crippen LogP contribution >= 0.6 is 31.9 Å². The molecule has 1 saturated heterocycles. The van der Waals surface area contributed by atoms with Gasteiger partial charge in [0, 0.05) is 10.0 Å². The van der Waals surface area contributed by atoms with Gasteiger partial charge in [-0.25, -0.2) is 19.0 Å². The Morgan fingerprint density at radius 1 is 0.744 bits per heavy atom. The van der Waals surface area contributed by atoms with Crippen molar-refractivity contribution in [2.24, 2.45) is 0 Å². The molecule has 4 amide bonds. The summed E-state index contributed by atoms with van der Waals surface area (Å²) in [7, 11) is 0. The first-order valence-corrected chi connectivity index (χ1v) is 13.3. The Morgan fingerprint density at radius 3 is 1.90 bits per heavy atom. The maximum absolute atomic E-state index is 13.7. The standard InChI is InChI=1S/C30H19Br2FN2O4/c31-21-15-20(27(26(32)17-21)39-18-19-8-7-9-22(33)14-19)16-25-28(36)34(23-10-3-1-4-11-23)30(38)35(29(25)37)24-12-5-2-6-13-24/h1-17H,18H2. The fraction of sp³-hybridized carbons (Fsp3) is 0.0333. The second-order valence-electron chi connectivity index (χ2n) is 8.52. The van der Waals surface area contributed by atoms with Crippen molar-refractivity contribution in [3.8, 4) is 5.75 Å². The molecular formula is C30H19Br2FN2O4. The van der Waals surface area contributed by atoms with Gasteiger partial charge in [0.1, 0.15) is 23.7 Å². The Labute approximate surface area is 240 Å². The summed E-state index contributed by atoms with van der Waals surface area (Å²) in [6.07, 6.45) is 1.40. The first-order valence-electron chi connectivity index (χ1n) is 11.7. The number of hydrogen-bond donors (Lipinski definition) is 0. The molecule has 0 radical (unpaired) electrons. The highest BCUT2D eigenvalue weighted by molar-refractivity contribution is 9.11. The molecule has 39 heavy (non-hydrogen) atoms. The number of anilines is 2. The van der Waals surface area contributed by atoms with Crippen molar-refractivity contribution < 1.29 is 23.5 Å². The van der Waals surface area contributed by atoms with Crippen molar-refractivity contribution in [1.82, 2.24) is 0 Å². The third-order valence-electron chi connectivity index (χ3n) is 5.89. The smallest absolute Gasteiger partial charge is 0.343 e. The van der Waals surface area contributed by atoms with E-state index in [1.54, 1.807) is 84.9 Å². The minimum Gasteiger partial charge on any atom is -0.487 e. The van der Waals surface area contributed by atoms with E-state index in [2.05, 4.69) is 31.9 Å². The van der Waals surface area contributed by atoms with Crippen LogP contribution in [0.15, 0.2) is 112 Å². The summed E-state index contributed by atoms with van der Waals surface area (Å²) < 4.78 is 20.9. The van der Waals surface area contributed by atoms with E-state index in [0.717, 1.165) is 9.80 Å². The number of imide groups is 2. The van der Waals surface area contributed by atoms with Crippen LogP contribution in [0.25, 0.3) is 6.08 Å². The van der Waals surface area contributed by atoms with Gasteiger partial charge in [-0.2, -0.15) is 0 Å². The first kappa shape index (κ1) is 26.5. The Hall–Kier alpha value is -4.08. The van der Waals surface area contributed by atoms with E-state index < -0.39 is 23.7 Å². The number of benzene rings is 4. The minimum atomic E-state index is -0.780. The second kappa shape index (κ2) is 11.3. The van der Waals surface area contributed by atoms with Crippen LogP contribution in [-0.4, -0.2) is 17.8 Å². The Balaban J connectivity index is 1.61. The molecule has 0 N–H and O–H groups in total. The highest BCUT2D eigenvalue weighted by Crippen LogP contribution is 2.37. The Morgan fingerprint density at radius 2 is 1.33 bits per heavy atom. The fourth-order valence-electron chi connectivity index (χ4n) is 4.12. The maximum atomic E-state index is 13.7. The van der Waals surface area contributed by atoms with Crippen LogP contribution in [0.4, 0.5) is 20.6 Å². The van der Waals surface area contributed by atoms with Gasteiger partial charge in [0.15, 0.2) is 0 Å². The van der Waals surface area contributed by atoms with Gasteiger partial charge in [0.2, 0.25) is 0 Å². The maximum Gasteiger partial charge on any atom is 0.343 e. The zero-order valence-corrected chi connectivity index (χ0v) is 23.4. The van der Waals surface area contributed by atoms with Crippen molar-refractivity contribution in [3.63, 3.8) is 0 Å². The van der Waals surface area contributed by atoms with Crippen LogP contribution in [0.5, 0.6) is 5.75 Å². The normalized spacial score (nSPS) is 13.6. The molecule has 5 rings (SSSR count). The average Bonchev–Trinajstić information content (AvgIpc) is 2.92. The zero-order chi connectivity index (χ0) is 27.5. The predicted molar refractivity (Wildman–Crippen MR) is 154 cm³/mol. The molecule has 9 heteroatoms. The van der Waals surface area contributed by atoms with Crippen LogP contribution in [-0.2, 0) is 16.2 Å². The molecule has 1 fully saturated rings. The number of barbiturate groups is 1. The summed E-state index contributed by atoms with van der Waals surface area (Å²) >= 11 is 6.93. The molecule has 1 aliphatic rings. The van der Waals surface area contributed by atoms with Gasteiger partial charge in [-0.1, -0.05) is 64.5 Å². The third-order valence-corrected chi connectivity index (χ3v) is 6.93. The van der Waals surface area contributed by atoms with E-state index >= 15 is 0 Å². The molecular weight excluding hydrogens is 631 g/mol. The number of ether oxygens (including phenoxy) is 1. The molecule has 1 aliphatic heterocycles. The van der Waals surface area contributed by atoms with Crippen molar-refractivity contribution >= 4 is 67.2 Å². The molecule has 0 aliphatic carbocycles. The van der Waals surface area contributed by atoms with Crippen molar-refractivity contribution in [2.75, 3.05) is 9.80 Å². The molecule has 0 aromatic heterocycles. The van der Waals surface area contributed by atoms with Gasteiger partial charge in [-0.05, 0) is 76.1 Å². The van der Waals surface area contributed by atoms with Crippen LogP contribution in [0, 0.1) is 5.82 Å². The van der Waals surface area contributed by atoms with E-state index in [9.17, 15) is 18.8 Å². The Kier molecular flexibility index (Phi) is 7.72. The molecule has 4 aromatic carbocycles. The summed E-state index contributed by atoms with van der Waals surface area (Å²) in [5.74, 6) is -1.59. The highest BCUT2D eigenvalue weighted by atomic mass is 79.9. The molecule has 0 spiro atoms. The molecule has 6 nitrogen and oxygen atoms in total. The van der Waals surface area contributed by atoms with E-state index in [-0.39, 0.29) is 12.2 Å². The topological polar surface area (TPSA) is 66.9 Å². The average molecular weight is 650 g/mol. The lowest BCUT2D eigenvalue weighted by Gasteiger charge is -2.34. The van der Waals surface area contributed by atoms with Crippen LogP contribution in [0.2, 0.25) is 0 Å². The predicted octanol–water partition coefficient (Wildman–Crippen LogP) is 7.51. The summed E-state index contributed by atoms with van der Waals surface area (Å²) in [6, 6.07) is 25.5. The largest absolute Gasteiger partial charge is 0.487 e.